The molecule has 0 amide bonds. The van der Waals surface area contributed by atoms with Crippen LogP contribution in [0.3, 0.4) is 0 Å². The van der Waals surface area contributed by atoms with Crippen molar-refractivity contribution in [1.29, 1.82) is 0 Å². The normalized spacial score (nSPS) is 10.5. The molecule has 0 spiro atoms. The first kappa shape index (κ1) is 13.6. The Morgan fingerprint density at radius 1 is 1.21 bits per heavy atom. The molecular formula is C13H14ClN3O2. The number of halogens is 1. The van der Waals surface area contributed by atoms with E-state index in [0.717, 1.165) is 5.56 Å². The largest absolute Gasteiger partial charge is 0.496 e. The number of nitrogens with two attached hydrogens (primary N) is 1. The third-order valence-electron chi connectivity index (χ3n) is 2.50. The number of nitrogen functional groups attached to an aromatic ring is 1. The van der Waals surface area contributed by atoms with Gasteiger partial charge in [0.25, 0.3) is 0 Å². The van der Waals surface area contributed by atoms with Gasteiger partial charge in [0.05, 0.1) is 25.0 Å². The van der Waals surface area contributed by atoms with Crippen LogP contribution < -0.4 is 10.5 Å². The van der Waals surface area contributed by atoms with Crippen LogP contribution in [-0.4, -0.2) is 24.2 Å². The molecule has 2 rings (SSSR count). The van der Waals surface area contributed by atoms with E-state index < -0.39 is 0 Å². The molecular weight excluding hydrogens is 266 g/mol. The van der Waals surface area contributed by atoms with E-state index in [9.17, 15) is 0 Å². The second-order valence-electron chi connectivity index (χ2n) is 3.89. The zero-order valence-corrected chi connectivity index (χ0v) is 11.4. The number of benzene rings is 1. The zero-order valence-electron chi connectivity index (χ0n) is 10.7. The quantitative estimate of drug-likeness (QED) is 0.931. The van der Waals surface area contributed by atoms with Crippen molar-refractivity contribution in [2.75, 3.05) is 20.0 Å². The Labute approximate surface area is 116 Å². The Balaban J connectivity index is 2.51. The van der Waals surface area contributed by atoms with Gasteiger partial charge in [-0.15, -0.1) is 0 Å². The summed E-state index contributed by atoms with van der Waals surface area (Å²) in [6, 6.07) is 6.93. The minimum absolute atomic E-state index is 0.371. The van der Waals surface area contributed by atoms with Crippen LogP contribution in [0.4, 0.5) is 5.82 Å². The van der Waals surface area contributed by atoms with Gasteiger partial charge < -0.3 is 15.2 Å². The van der Waals surface area contributed by atoms with Crippen LogP contribution in [0.15, 0.2) is 24.3 Å². The highest BCUT2D eigenvalue weighted by atomic mass is 35.5. The van der Waals surface area contributed by atoms with Crippen LogP contribution in [0.2, 0.25) is 5.02 Å². The zero-order chi connectivity index (χ0) is 13.8. The monoisotopic (exact) mass is 279 g/mol. The van der Waals surface area contributed by atoms with Gasteiger partial charge in [-0.2, -0.15) is 0 Å². The van der Waals surface area contributed by atoms with E-state index in [1.807, 2.05) is 0 Å². The van der Waals surface area contributed by atoms with Crippen LogP contribution in [0.25, 0.3) is 11.4 Å². The molecule has 100 valence electrons. The van der Waals surface area contributed by atoms with Crippen molar-refractivity contribution < 1.29 is 9.47 Å². The molecule has 0 atom stereocenters. The maximum absolute atomic E-state index is 5.93. The second kappa shape index (κ2) is 5.86. The van der Waals surface area contributed by atoms with Crippen LogP contribution in [-0.2, 0) is 11.3 Å². The molecule has 1 aromatic heterocycles. The Hall–Kier alpha value is -1.85. The smallest absolute Gasteiger partial charge is 0.165 e. The summed E-state index contributed by atoms with van der Waals surface area (Å²) in [5.74, 6) is 1.47. The van der Waals surface area contributed by atoms with Gasteiger partial charge in [-0.1, -0.05) is 11.6 Å². The highest BCUT2D eigenvalue weighted by molar-refractivity contribution is 6.30. The lowest BCUT2D eigenvalue weighted by Gasteiger charge is -2.09. The molecule has 1 aromatic carbocycles. The minimum Gasteiger partial charge on any atom is -0.496 e. The Bertz CT molecular complexity index is 590. The lowest BCUT2D eigenvalue weighted by Crippen LogP contribution is -2.02. The van der Waals surface area contributed by atoms with E-state index >= 15 is 0 Å². The Kier molecular flexibility index (Phi) is 4.19. The second-order valence-corrected chi connectivity index (χ2v) is 4.32. The topological polar surface area (TPSA) is 70.3 Å². The Morgan fingerprint density at radius 2 is 2.00 bits per heavy atom. The van der Waals surface area contributed by atoms with Crippen LogP contribution in [0, 0.1) is 0 Å². The summed E-state index contributed by atoms with van der Waals surface area (Å²) in [4.78, 5) is 8.61. The summed E-state index contributed by atoms with van der Waals surface area (Å²) in [6.07, 6.45) is 0. The van der Waals surface area contributed by atoms with Crippen LogP contribution >= 0.6 is 11.6 Å². The molecule has 0 aliphatic heterocycles. The van der Waals surface area contributed by atoms with Crippen molar-refractivity contribution in [3.63, 3.8) is 0 Å². The average Bonchev–Trinajstić information content (AvgIpc) is 2.38. The van der Waals surface area contributed by atoms with Gasteiger partial charge in [-0.25, -0.2) is 9.97 Å². The van der Waals surface area contributed by atoms with Crippen molar-refractivity contribution in [3.8, 4) is 17.1 Å². The molecule has 5 nitrogen and oxygen atoms in total. The molecule has 2 aromatic rings. The van der Waals surface area contributed by atoms with Crippen LogP contribution in [0.5, 0.6) is 5.75 Å². The lowest BCUT2D eigenvalue weighted by molar-refractivity contribution is 0.181. The molecule has 0 saturated carbocycles. The fourth-order valence-electron chi connectivity index (χ4n) is 1.71. The molecule has 0 aliphatic rings. The molecule has 0 unspecified atom stereocenters. The first-order valence-corrected chi connectivity index (χ1v) is 5.98. The predicted octanol–water partition coefficient (Wildman–Crippen LogP) is 2.53. The number of hydrogen-bond donors (Lipinski definition) is 1. The summed E-state index contributed by atoms with van der Waals surface area (Å²) in [6.45, 7) is 0.371. The Morgan fingerprint density at radius 3 is 2.68 bits per heavy atom. The number of nitrogens with zero attached hydrogens (tertiary/aromatic N) is 2. The van der Waals surface area contributed by atoms with Crippen molar-refractivity contribution in [1.82, 2.24) is 9.97 Å². The SMILES string of the molecule is COCc1cc(N)nc(-c2ccc(Cl)cc2OC)n1. The fourth-order valence-corrected chi connectivity index (χ4v) is 1.87. The first-order valence-electron chi connectivity index (χ1n) is 5.60. The maximum atomic E-state index is 5.93. The van der Waals surface area contributed by atoms with Gasteiger partial charge >= 0.3 is 0 Å². The molecule has 19 heavy (non-hydrogen) atoms. The number of ether oxygens (including phenoxy) is 2. The van der Waals surface area contributed by atoms with Crippen molar-refractivity contribution >= 4 is 17.4 Å². The molecule has 0 fully saturated rings. The van der Waals surface area contributed by atoms with Gasteiger partial charge in [0, 0.05) is 18.2 Å². The van der Waals surface area contributed by atoms with Crippen molar-refractivity contribution in [2.24, 2.45) is 0 Å². The molecule has 0 aliphatic carbocycles. The van der Waals surface area contributed by atoms with Crippen molar-refractivity contribution in [3.05, 3.63) is 35.0 Å². The lowest BCUT2D eigenvalue weighted by atomic mass is 10.2. The predicted molar refractivity (Wildman–Crippen MR) is 74.2 cm³/mol. The van der Waals surface area contributed by atoms with E-state index in [2.05, 4.69) is 9.97 Å². The summed E-state index contributed by atoms with van der Waals surface area (Å²) in [5, 5.41) is 0.585. The van der Waals surface area contributed by atoms with E-state index in [4.69, 9.17) is 26.8 Å². The molecule has 2 N–H and O–H groups in total. The van der Waals surface area contributed by atoms with Crippen molar-refractivity contribution in [2.45, 2.75) is 6.61 Å². The minimum atomic E-state index is 0.371. The maximum Gasteiger partial charge on any atom is 0.165 e. The third-order valence-corrected chi connectivity index (χ3v) is 2.73. The number of methoxy groups -OCH3 is 2. The van der Waals surface area contributed by atoms with Gasteiger partial charge in [0.2, 0.25) is 0 Å². The van der Waals surface area contributed by atoms with E-state index in [-0.39, 0.29) is 0 Å². The fraction of sp³-hybridized carbons (Fsp3) is 0.231. The molecule has 0 bridgehead atoms. The molecule has 6 heteroatoms. The average molecular weight is 280 g/mol. The van der Waals surface area contributed by atoms with E-state index in [1.54, 1.807) is 38.5 Å². The summed E-state index contributed by atoms with van der Waals surface area (Å²) < 4.78 is 10.3. The van der Waals surface area contributed by atoms with Crippen LogP contribution in [0.1, 0.15) is 5.69 Å². The highest BCUT2D eigenvalue weighted by Gasteiger charge is 2.11. The van der Waals surface area contributed by atoms with Gasteiger partial charge in [-0.05, 0) is 18.2 Å². The van der Waals surface area contributed by atoms with E-state index in [0.29, 0.717) is 34.7 Å². The summed E-state index contributed by atoms with van der Waals surface area (Å²) in [5.41, 5.74) is 7.22. The van der Waals surface area contributed by atoms with Gasteiger partial charge in [0.15, 0.2) is 5.82 Å². The standard InChI is InChI=1S/C13H14ClN3O2/c1-18-7-9-6-12(15)17-13(16-9)10-4-3-8(14)5-11(10)19-2/h3-6H,7H2,1-2H3,(H2,15,16,17). The highest BCUT2D eigenvalue weighted by Crippen LogP contribution is 2.30. The van der Waals surface area contributed by atoms with Gasteiger partial charge in [0.1, 0.15) is 11.6 Å². The third kappa shape index (κ3) is 3.13. The first-order chi connectivity index (χ1) is 9.13. The number of aromatic nitrogens is 2. The number of rotatable bonds is 4. The molecule has 1 heterocycles. The summed E-state index contributed by atoms with van der Waals surface area (Å²) in [7, 11) is 3.17. The number of anilines is 1. The van der Waals surface area contributed by atoms with E-state index in [1.165, 1.54) is 0 Å². The molecule has 0 radical (unpaired) electrons. The van der Waals surface area contributed by atoms with Gasteiger partial charge in [-0.3, -0.25) is 0 Å². The number of hydrogen-bond acceptors (Lipinski definition) is 5. The molecule has 0 saturated heterocycles. The summed E-state index contributed by atoms with van der Waals surface area (Å²) >= 11 is 5.93.